The van der Waals surface area contributed by atoms with E-state index in [-0.39, 0.29) is 17.8 Å². The lowest BCUT2D eigenvalue weighted by molar-refractivity contribution is 0.0520. The van der Waals surface area contributed by atoms with Crippen LogP contribution >= 0.6 is 0 Å². The molecule has 0 amide bonds. The van der Waals surface area contributed by atoms with Gasteiger partial charge in [-0.1, -0.05) is 6.07 Å². The zero-order chi connectivity index (χ0) is 10.6. The number of ether oxygens (including phenoxy) is 1. The summed E-state index contributed by atoms with van der Waals surface area (Å²) in [6.45, 7) is 1.88. The number of rotatable bonds is 3. The number of hydrogen-bond donors (Lipinski definition) is 2. The summed E-state index contributed by atoms with van der Waals surface area (Å²) in [5, 5.41) is 17.9. The highest BCUT2D eigenvalue weighted by atomic mass is 16.5. The van der Waals surface area contributed by atoms with Crippen molar-refractivity contribution in [2.45, 2.75) is 6.92 Å². The number of esters is 1. The quantitative estimate of drug-likeness (QED) is 0.474. The van der Waals surface area contributed by atoms with Gasteiger partial charge < -0.3 is 14.8 Å². The minimum absolute atomic E-state index is 0.0472. The molecule has 6 heteroatoms. The molecule has 0 unspecified atom stereocenters. The molecule has 2 N–H and O–H groups in total. The van der Waals surface area contributed by atoms with Crippen LogP contribution < -0.4 is 5.46 Å². The van der Waals surface area contributed by atoms with E-state index in [0.29, 0.717) is 0 Å². The van der Waals surface area contributed by atoms with Gasteiger partial charge >= 0.3 is 13.1 Å². The fourth-order valence-corrected chi connectivity index (χ4v) is 0.996. The van der Waals surface area contributed by atoms with Crippen LogP contribution in [0, 0.1) is 0 Å². The standard InChI is InChI=1S/C8H10BNO4/c1-2-14-8(11)7-6(9(12)13)4-3-5-10-7/h3-5,12-13H,2H2,1H3. The largest absolute Gasteiger partial charge is 0.490 e. The van der Waals surface area contributed by atoms with Crippen LogP contribution in [0.4, 0.5) is 0 Å². The Labute approximate surface area is 81.5 Å². The molecule has 0 radical (unpaired) electrons. The lowest BCUT2D eigenvalue weighted by atomic mass is 9.79. The van der Waals surface area contributed by atoms with Crippen molar-refractivity contribution < 1.29 is 19.6 Å². The van der Waals surface area contributed by atoms with Crippen LogP contribution in [0.15, 0.2) is 18.3 Å². The van der Waals surface area contributed by atoms with Gasteiger partial charge in [0.25, 0.3) is 0 Å². The van der Waals surface area contributed by atoms with Gasteiger partial charge in [0.1, 0.15) is 5.69 Å². The van der Waals surface area contributed by atoms with Crippen LogP contribution in [0.3, 0.4) is 0 Å². The van der Waals surface area contributed by atoms with Crippen molar-refractivity contribution in [2.24, 2.45) is 0 Å². The van der Waals surface area contributed by atoms with Crippen molar-refractivity contribution in [3.05, 3.63) is 24.0 Å². The van der Waals surface area contributed by atoms with E-state index in [1.54, 1.807) is 6.92 Å². The fourth-order valence-electron chi connectivity index (χ4n) is 0.996. The van der Waals surface area contributed by atoms with Crippen molar-refractivity contribution in [2.75, 3.05) is 6.61 Å². The van der Waals surface area contributed by atoms with E-state index in [0.717, 1.165) is 0 Å². The lowest BCUT2D eigenvalue weighted by Gasteiger charge is -2.05. The lowest BCUT2D eigenvalue weighted by Crippen LogP contribution is -2.36. The molecule has 1 heterocycles. The molecule has 0 saturated carbocycles. The molecule has 5 nitrogen and oxygen atoms in total. The van der Waals surface area contributed by atoms with E-state index in [9.17, 15) is 4.79 Å². The molecule has 0 atom stereocenters. The monoisotopic (exact) mass is 195 g/mol. The topological polar surface area (TPSA) is 79.7 Å². The first kappa shape index (κ1) is 10.7. The highest BCUT2D eigenvalue weighted by Crippen LogP contribution is 1.95. The van der Waals surface area contributed by atoms with E-state index in [1.165, 1.54) is 18.3 Å². The Morgan fingerprint density at radius 3 is 2.93 bits per heavy atom. The van der Waals surface area contributed by atoms with Crippen LogP contribution in [-0.4, -0.2) is 34.7 Å². The summed E-state index contributed by atoms with van der Waals surface area (Å²) in [4.78, 5) is 15.0. The first-order valence-corrected chi connectivity index (χ1v) is 4.15. The maximum absolute atomic E-state index is 11.3. The maximum atomic E-state index is 11.3. The molecule has 0 aliphatic rings. The van der Waals surface area contributed by atoms with Crippen LogP contribution in [0.2, 0.25) is 0 Å². The summed E-state index contributed by atoms with van der Waals surface area (Å²) in [7, 11) is -1.72. The minimum Gasteiger partial charge on any atom is -0.461 e. The second-order valence-corrected chi connectivity index (χ2v) is 2.54. The number of nitrogens with zero attached hydrogens (tertiary/aromatic N) is 1. The minimum atomic E-state index is -1.72. The number of aromatic nitrogens is 1. The van der Waals surface area contributed by atoms with Gasteiger partial charge in [-0.25, -0.2) is 9.78 Å². The van der Waals surface area contributed by atoms with E-state index in [2.05, 4.69) is 4.98 Å². The van der Waals surface area contributed by atoms with Gasteiger partial charge in [-0.15, -0.1) is 0 Å². The maximum Gasteiger partial charge on any atom is 0.490 e. The third-order valence-electron chi connectivity index (χ3n) is 1.59. The number of carbonyl (C=O) groups excluding carboxylic acids is 1. The number of hydrogen-bond acceptors (Lipinski definition) is 5. The first-order valence-electron chi connectivity index (χ1n) is 4.15. The molecule has 0 bridgehead atoms. The van der Waals surface area contributed by atoms with Crippen LogP contribution in [0.1, 0.15) is 17.4 Å². The molecular weight excluding hydrogens is 185 g/mol. The Hall–Kier alpha value is -1.40. The Morgan fingerprint density at radius 1 is 1.64 bits per heavy atom. The Kier molecular flexibility index (Phi) is 3.61. The Bertz CT molecular complexity index is 329. The van der Waals surface area contributed by atoms with E-state index < -0.39 is 13.1 Å². The second kappa shape index (κ2) is 4.73. The predicted octanol–water partition coefficient (Wildman–Crippen LogP) is -1.06. The average Bonchev–Trinajstić information content (AvgIpc) is 2.18. The highest BCUT2D eigenvalue weighted by molar-refractivity contribution is 6.60. The van der Waals surface area contributed by atoms with Crippen LogP contribution in [0.25, 0.3) is 0 Å². The van der Waals surface area contributed by atoms with Gasteiger partial charge in [0.15, 0.2) is 0 Å². The average molecular weight is 195 g/mol. The Balaban J connectivity index is 3.00. The van der Waals surface area contributed by atoms with E-state index >= 15 is 0 Å². The van der Waals surface area contributed by atoms with Gasteiger partial charge in [0, 0.05) is 11.7 Å². The van der Waals surface area contributed by atoms with Crippen molar-refractivity contribution in [3.63, 3.8) is 0 Å². The molecule has 0 saturated heterocycles. The molecular formula is C8H10BNO4. The molecule has 1 aromatic heterocycles. The van der Waals surface area contributed by atoms with Gasteiger partial charge in [0.2, 0.25) is 0 Å². The van der Waals surface area contributed by atoms with Crippen LogP contribution in [0.5, 0.6) is 0 Å². The molecule has 1 rings (SSSR count). The third-order valence-corrected chi connectivity index (χ3v) is 1.59. The number of carbonyl (C=O) groups is 1. The summed E-state index contributed by atoms with van der Waals surface area (Å²) >= 11 is 0. The van der Waals surface area contributed by atoms with Gasteiger partial charge in [-0.3, -0.25) is 0 Å². The third kappa shape index (κ3) is 2.30. The second-order valence-electron chi connectivity index (χ2n) is 2.54. The summed E-state index contributed by atoms with van der Waals surface area (Å²) in [5.41, 5.74) is -0.0182. The van der Waals surface area contributed by atoms with Crippen molar-refractivity contribution in [3.8, 4) is 0 Å². The number of pyridine rings is 1. The summed E-state index contributed by atoms with van der Waals surface area (Å²) in [6, 6.07) is 2.92. The zero-order valence-electron chi connectivity index (χ0n) is 7.67. The molecule has 1 aromatic rings. The van der Waals surface area contributed by atoms with Crippen molar-refractivity contribution in [1.82, 2.24) is 4.98 Å². The summed E-state index contributed by atoms with van der Waals surface area (Å²) < 4.78 is 4.70. The van der Waals surface area contributed by atoms with E-state index in [4.69, 9.17) is 14.8 Å². The smallest absolute Gasteiger partial charge is 0.461 e. The van der Waals surface area contributed by atoms with Gasteiger partial charge in [-0.05, 0) is 13.0 Å². The SMILES string of the molecule is CCOC(=O)c1ncccc1B(O)O. The summed E-state index contributed by atoms with van der Waals surface area (Å²) in [5.74, 6) is -0.656. The van der Waals surface area contributed by atoms with Gasteiger partial charge in [-0.2, -0.15) is 0 Å². The molecule has 0 aliphatic heterocycles. The molecule has 0 aromatic carbocycles. The molecule has 74 valence electrons. The first-order chi connectivity index (χ1) is 6.66. The van der Waals surface area contributed by atoms with Crippen molar-refractivity contribution in [1.29, 1.82) is 0 Å². The van der Waals surface area contributed by atoms with Gasteiger partial charge in [0.05, 0.1) is 6.61 Å². The Morgan fingerprint density at radius 2 is 2.36 bits per heavy atom. The fraction of sp³-hybridized carbons (Fsp3) is 0.250. The van der Waals surface area contributed by atoms with E-state index in [1.807, 2.05) is 0 Å². The van der Waals surface area contributed by atoms with Crippen molar-refractivity contribution >= 4 is 18.6 Å². The zero-order valence-corrected chi connectivity index (χ0v) is 7.67. The molecule has 0 fully saturated rings. The molecule has 0 spiro atoms. The highest BCUT2D eigenvalue weighted by Gasteiger charge is 2.21. The van der Waals surface area contributed by atoms with Crippen LogP contribution in [-0.2, 0) is 4.74 Å². The molecule has 14 heavy (non-hydrogen) atoms. The molecule has 0 aliphatic carbocycles. The summed E-state index contributed by atoms with van der Waals surface area (Å²) in [6.07, 6.45) is 1.39. The predicted molar refractivity (Wildman–Crippen MR) is 50.0 cm³/mol. The normalized spacial score (nSPS) is 9.64.